The standard InChI is InChI=1S/C9H10Cl3NO2.C8H8Cl3NO3.CH4/c1-2-8-4-3-5-13(8)6(9(10,11)12)15-7(8)14;9-8(10,11)5-12-3-1-2-7(12,4-13)6(14)15-5;/h2,6H,1,3-5H2;4-5H,1-3H2;1H4/t6?,8-;5?,7-;/m10./s1. The molecule has 4 saturated heterocycles. The Morgan fingerprint density at radius 1 is 0.871 bits per heavy atom. The van der Waals surface area contributed by atoms with Crippen LogP contribution in [0.15, 0.2) is 12.7 Å². The van der Waals surface area contributed by atoms with Crippen molar-refractivity contribution in [2.24, 2.45) is 0 Å². The zero-order valence-electron chi connectivity index (χ0n) is 15.5. The number of ether oxygens (including phenoxy) is 2. The predicted molar refractivity (Wildman–Crippen MR) is 121 cm³/mol. The summed E-state index contributed by atoms with van der Waals surface area (Å²) in [6.45, 7) is 4.87. The Hall–Kier alpha value is 0.01000. The van der Waals surface area contributed by atoms with Crippen LogP contribution in [0.5, 0.6) is 0 Å². The maximum Gasteiger partial charge on any atom is 0.335 e. The fourth-order valence-electron chi connectivity index (χ4n) is 4.31. The lowest BCUT2D eigenvalue weighted by molar-refractivity contribution is -0.147. The summed E-state index contributed by atoms with van der Waals surface area (Å²) in [4.78, 5) is 37.7. The number of rotatable bonds is 2. The van der Waals surface area contributed by atoms with Crippen LogP contribution >= 0.6 is 69.6 Å². The summed E-state index contributed by atoms with van der Waals surface area (Å²) in [6, 6.07) is 0. The van der Waals surface area contributed by atoms with Crippen LogP contribution in [0.3, 0.4) is 0 Å². The number of aldehydes is 1. The number of cyclic esters (lactones) is 2. The number of carbonyl (C=O) groups excluding carboxylic acids is 3. The molecule has 4 aliphatic rings. The highest BCUT2D eigenvalue weighted by atomic mass is 35.6. The molecule has 7 nitrogen and oxygen atoms in total. The van der Waals surface area contributed by atoms with E-state index in [0.29, 0.717) is 38.6 Å². The summed E-state index contributed by atoms with van der Waals surface area (Å²) in [7, 11) is 0. The van der Waals surface area contributed by atoms with Gasteiger partial charge in [-0.1, -0.05) is 83.1 Å². The number of fused-ring (bicyclic) bond motifs is 2. The molecule has 4 atom stereocenters. The van der Waals surface area contributed by atoms with E-state index >= 15 is 0 Å². The molecule has 0 aromatic carbocycles. The van der Waals surface area contributed by atoms with Gasteiger partial charge in [0.15, 0.2) is 11.8 Å². The van der Waals surface area contributed by atoms with Crippen molar-refractivity contribution in [3.05, 3.63) is 12.7 Å². The van der Waals surface area contributed by atoms with Gasteiger partial charge in [-0.25, -0.2) is 19.4 Å². The minimum Gasteiger partial charge on any atom is -0.440 e. The van der Waals surface area contributed by atoms with E-state index in [-0.39, 0.29) is 13.4 Å². The first-order valence-corrected chi connectivity index (χ1v) is 11.3. The average Bonchev–Trinajstić information content (AvgIpc) is 3.36. The topological polar surface area (TPSA) is 76.2 Å². The molecule has 31 heavy (non-hydrogen) atoms. The molecule has 0 bridgehead atoms. The number of alkyl halides is 6. The summed E-state index contributed by atoms with van der Waals surface area (Å²) in [6.07, 6.45) is 3.07. The summed E-state index contributed by atoms with van der Waals surface area (Å²) in [5.41, 5.74) is -2.01. The maximum atomic E-state index is 11.8. The number of carbonyl (C=O) groups is 3. The third-order valence-electron chi connectivity index (χ3n) is 5.74. The van der Waals surface area contributed by atoms with Gasteiger partial charge in [-0.15, -0.1) is 6.58 Å². The zero-order valence-corrected chi connectivity index (χ0v) is 20.0. The van der Waals surface area contributed by atoms with Crippen molar-refractivity contribution < 1.29 is 23.9 Å². The molecule has 4 aliphatic heterocycles. The van der Waals surface area contributed by atoms with Crippen molar-refractivity contribution in [2.75, 3.05) is 13.1 Å². The number of nitrogens with zero attached hydrogens (tertiary/aromatic N) is 2. The van der Waals surface area contributed by atoms with Crippen LogP contribution in [0.2, 0.25) is 0 Å². The van der Waals surface area contributed by atoms with E-state index < -0.39 is 37.1 Å². The minimum atomic E-state index is -1.73. The number of halogens is 6. The quantitative estimate of drug-likeness (QED) is 0.165. The Morgan fingerprint density at radius 3 is 1.65 bits per heavy atom. The van der Waals surface area contributed by atoms with Gasteiger partial charge in [0.25, 0.3) is 0 Å². The van der Waals surface area contributed by atoms with Gasteiger partial charge < -0.3 is 14.3 Å². The second-order valence-corrected chi connectivity index (χ2v) is 12.1. The van der Waals surface area contributed by atoms with Crippen molar-refractivity contribution in [1.29, 1.82) is 0 Å². The van der Waals surface area contributed by atoms with Crippen LogP contribution in [-0.4, -0.2) is 72.2 Å². The Bertz CT molecular complexity index is 695. The molecule has 0 aliphatic carbocycles. The lowest BCUT2D eigenvalue weighted by Gasteiger charge is -2.29. The van der Waals surface area contributed by atoms with E-state index in [1.165, 1.54) is 4.90 Å². The average molecular weight is 559 g/mol. The second-order valence-electron chi connectivity index (χ2n) is 7.36. The zero-order chi connectivity index (χ0) is 22.5. The van der Waals surface area contributed by atoms with Gasteiger partial charge >= 0.3 is 11.9 Å². The van der Waals surface area contributed by atoms with Crippen LogP contribution < -0.4 is 0 Å². The first-order chi connectivity index (χ1) is 13.8. The van der Waals surface area contributed by atoms with Crippen LogP contribution in [0.25, 0.3) is 0 Å². The third kappa shape index (κ3) is 4.54. The molecule has 4 rings (SSSR count). The number of esters is 2. The molecule has 0 aromatic heterocycles. The maximum absolute atomic E-state index is 11.8. The van der Waals surface area contributed by atoms with Crippen LogP contribution in [0.4, 0.5) is 0 Å². The molecule has 0 N–H and O–H groups in total. The molecular formula is C18H22Cl6N2O5. The Morgan fingerprint density at radius 2 is 1.26 bits per heavy atom. The Kier molecular flexibility index (Phi) is 8.21. The minimum absolute atomic E-state index is 0. The molecule has 0 spiro atoms. The molecule has 0 radical (unpaired) electrons. The lowest BCUT2D eigenvalue weighted by atomic mass is 9.98. The molecule has 13 heteroatoms. The van der Waals surface area contributed by atoms with E-state index in [1.54, 1.807) is 11.0 Å². The van der Waals surface area contributed by atoms with Crippen LogP contribution in [0, 0.1) is 0 Å². The van der Waals surface area contributed by atoms with Crippen molar-refractivity contribution in [3.63, 3.8) is 0 Å². The summed E-state index contributed by atoms with van der Waals surface area (Å²) < 4.78 is 6.70. The molecule has 0 aromatic rings. The highest BCUT2D eigenvalue weighted by Crippen LogP contribution is 2.47. The van der Waals surface area contributed by atoms with Gasteiger partial charge in [-0.05, 0) is 25.7 Å². The predicted octanol–water partition coefficient (Wildman–Crippen LogP) is 4.17. The molecule has 4 heterocycles. The van der Waals surface area contributed by atoms with Crippen LogP contribution in [0.1, 0.15) is 33.1 Å². The SMILES string of the molecule is C.C=C[C@]12CCCN1C(C(Cl)(Cl)Cl)OC2=O.O=C[C@]12CCCN1C(C(Cl)(Cl)Cl)OC2=O. The molecule has 4 fully saturated rings. The molecule has 2 unspecified atom stereocenters. The van der Waals surface area contributed by atoms with Crippen molar-refractivity contribution >= 4 is 87.8 Å². The van der Waals surface area contributed by atoms with Gasteiger partial charge in [0.2, 0.25) is 20.0 Å². The fourth-order valence-corrected chi connectivity index (χ4v) is 5.29. The van der Waals surface area contributed by atoms with Gasteiger partial charge in [0.05, 0.1) is 0 Å². The first-order valence-electron chi connectivity index (χ1n) is 9.02. The van der Waals surface area contributed by atoms with E-state index in [2.05, 4.69) is 6.58 Å². The number of hydrogen-bond donors (Lipinski definition) is 0. The molecular weight excluding hydrogens is 537 g/mol. The van der Waals surface area contributed by atoms with E-state index in [4.69, 9.17) is 79.1 Å². The highest BCUT2D eigenvalue weighted by Gasteiger charge is 2.63. The fraction of sp³-hybridized carbons (Fsp3) is 0.722. The second kappa shape index (κ2) is 9.34. The van der Waals surface area contributed by atoms with Gasteiger partial charge in [0, 0.05) is 13.1 Å². The van der Waals surface area contributed by atoms with Gasteiger partial charge in [-0.2, -0.15) is 0 Å². The van der Waals surface area contributed by atoms with E-state index in [0.717, 1.165) is 6.42 Å². The summed E-state index contributed by atoms with van der Waals surface area (Å²) in [5.74, 6) is -0.988. The van der Waals surface area contributed by atoms with E-state index in [1.807, 2.05) is 0 Å². The largest absolute Gasteiger partial charge is 0.440 e. The highest BCUT2D eigenvalue weighted by molar-refractivity contribution is 6.68. The van der Waals surface area contributed by atoms with Crippen molar-refractivity contribution in [1.82, 2.24) is 9.80 Å². The number of hydrogen-bond acceptors (Lipinski definition) is 7. The normalized spacial score (nSPS) is 35.3. The first kappa shape index (κ1) is 27.3. The van der Waals surface area contributed by atoms with Crippen LogP contribution in [-0.2, 0) is 23.9 Å². The van der Waals surface area contributed by atoms with Gasteiger partial charge in [0.1, 0.15) is 5.54 Å². The summed E-state index contributed by atoms with van der Waals surface area (Å²) >= 11 is 34.4. The Balaban J connectivity index is 0.000000213. The molecule has 0 saturated carbocycles. The smallest absolute Gasteiger partial charge is 0.335 e. The van der Waals surface area contributed by atoms with Crippen molar-refractivity contribution in [3.8, 4) is 0 Å². The monoisotopic (exact) mass is 556 g/mol. The van der Waals surface area contributed by atoms with Crippen molar-refractivity contribution in [2.45, 2.75) is 64.2 Å². The third-order valence-corrected chi connectivity index (χ3v) is 6.86. The lowest BCUT2D eigenvalue weighted by Crippen LogP contribution is -2.50. The van der Waals surface area contributed by atoms with Gasteiger partial charge in [-0.3, -0.25) is 0 Å². The Labute approximate surface area is 210 Å². The molecule has 0 amide bonds. The summed E-state index contributed by atoms with van der Waals surface area (Å²) in [5, 5.41) is 0. The van der Waals surface area contributed by atoms with E-state index in [9.17, 15) is 14.4 Å². The molecule has 176 valence electrons.